The largest absolute Gasteiger partial charge is 0.497 e. The van der Waals surface area contributed by atoms with Crippen molar-refractivity contribution in [3.8, 4) is 11.5 Å². The van der Waals surface area contributed by atoms with Crippen LogP contribution < -0.4 is 25.2 Å². The molecular weight excluding hydrogens is 358 g/mol. The van der Waals surface area contributed by atoms with Crippen LogP contribution in [0.4, 0.5) is 10.5 Å². The molecule has 9 heteroatoms. The van der Waals surface area contributed by atoms with E-state index in [1.165, 1.54) is 26.4 Å². The summed E-state index contributed by atoms with van der Waals surface area (Å²) in [7, 11) is -0.658. The monoisotopic (exact) mass is 379 g/mol. The number of amides is 2. The Labute approximate surface area is 152 Å². The number of ether oxygens (including phenoxy) is 2. The maximum Gasteiger partial charge on any atom is 0.319 e. The molecule has 140 valence electrons. The minimum absolute atomic E-state index is 0.0528. The van der Waals surface area contributed by atoms with Gasteiger partial charge in [0.1, 0.15) is 11.5 Å². The quantitative estimate of drug-likeness (QED) is 0.676. The second-order valence-electron chi connectivity index (χ2n) is 5.39. The van der Waals surface area contributed by atoms with Gasteiger partial charge in [0.2, 0.25) is 10.0 Å². The van der Waals surface area contributed by atoms with Gasteiger partial charge in [0.25, 0.3) is 0 Å². The number of methoxy groups -OCH3 is 2. The molecule has 0 saturated heterocycles. The number of rotatable bonds is 7. The van der Waals surface area contributed by atoms with Gasteiger partial charge in [-0.1, -0.05) is 12.1 Å². The summed E-state index contributed by atoms with van der Waals surface area (Å²) in [5.74, 6) is 1.11. The summed E-state index contributed by atoms with van der Waals surface area (Å²) in [5.41, 5.74) is 1.36. The van der Waals surface area contributed by atoms with Crippen molar-refractivity contribution in [2.75, 3.05) is 26.1 Å². The molecule has 0 unspecified atom stereocenters. The van der Waals surface area contributed by atoms with Crippen LogP contribution >= 0.6 is 0 Å². The second kappa shape index (κ2) is 8.54. The maximum absolute atomic E-state index is 12.0. The van der Waals surface area contributed by atoms with E-state index in [1.807, 2.05) is 0 Å². The predicted molar refractivity (Wildman–Crippen MR) is 98.1 cm³/mol. The average molecular weight is 379 g/mol. The summed E-state index contributed by atoms with van der Waals surface area (Å²) < 4.78 is 32.8. The van der Waals surface area contributed by atoms with Gasteiger partial charge in [0.05, 0.1) is 24.8 Å². The van der Waals surface area contributed by atoms with Gasteiger partial charge in [-0.15, -0.1) is 0 Å². The third-order valence-electron chi connectivity index (χ3n) is 3.61. The molecule has 2 aromatic carbocycles. The second-order valence-corrected chi connectivity index (χ2v) is 6.95. The van der Waals surface area contributed by atoms with Gasteiger partial charge >= 0.3 is 6.03 Å². The lowest BCUT2D eigenvalue weighted by atomic mass is 10.1. The number of nitrogens with one attached hydrogen (secondary N) is 2. The van der Waals surface area contributed by atoms with Crippen molar-refractivity contribution in [2.45, 2.75) is 11.3 Å². The van der Waals surface area contributed by atoms with Gasteiger partial charge in [-0.2, -0.15) is 0 Å². The lowest BCUT2D eigenvalue weighted by Crippen LogP contribution is -2.30. The van der Waals surface area contributed by atoms with E-state index >= 15 is 0 Å². The van der Waals surface area contributed by atoms with Crippen LogP contribution in [0.2, 0.25) is 0 Å². The van der Waals surface area contributed by atoms with E-state index in [0.717, 1.165) is 5.56 Å². The van der Waals surface area contributed by atoms with E-state index in [2.05, 4.69) is 10.6 Å². The number of hydrogen-bond donors (Lipinski definition) is 3. The van der Waals surface area contributed by atoms with E-state index in [0.29, 0.717) is 30.2 Å². The third-order valence-corrected chi connectivity index (χ3v) is 4.54. The van der Waals surface area contributed by atoms with Gasteiger partial charge in [0, 0.05) is 12.6 Å². The van der Waals surface area contributed by atoms with Crippen LogP contribution in [0.1, 0.15) is 5.56 Å². The van der Waals surface area contributed by atoms with Crippen molar-refractivity contribution in [3.63, 3.8) is 0 Å². The highest BCUT2D eigenvalue weighted by Crippen LogP contribution is 2.28. The highest BCUT2D eigenvalue weighted by molar-refractivity contribution is 7.89. The van der Waals surface area contributed by atoms with E-state index < -0.39 is 16.1 Å². The zero-order valence-corrected chi connectivity index (χ0v) is 15.3. The van der Waals surface area contributed by atoms with Crippen LogP contribution in [0.25, 0.3) is 0 Å². The predicted octanol–water partition coefficient (Wildman–Crippen LogP) is 1.72. The Morgan fingerprint density at radius 1 is 1.08 bits per heavy atom. The van der Waals surface area contributed by atoms with E-state index in [4.69, 9.17) is 14.6 Å². The first-order valence-corrected chi connectivity index (χ1v) is 9.26. The minimum atomic E-state index is -3.70. The van der Waals surface area contributed by atoms with Crippen molar-refractivity contribution in [2.24, 2.45) is 5.14 Å². The first-order valence-electron chi connectivity index (χ1n) is 7.72. The van der Waals surface area contributed by atoms with Crippen LogP contribution in [0, 0.1) is 0 Å². The maximum atomic E-state index is 12.0. The van der Waals surface area contributed by atoms with E-state index in [9.17, 15) is 13.2 Å². The van der Waals surface area contributed by atoms with Crippen LogP contribution in [0.15, 0.2) is 47.4 Å². The number of sulfonamides is 1. The van der Waals surface area contributed by atoms with E-state index in [-0.39, 0.29) is 4.90 Å². The molecule has 0 atom stereocenters. The Morgan fingerprint density at radius 3 is 2.35 bits per heavy atom. The normalized spacial score (nSPS) is 10.9. The molecule has 0 aromatic heterocycles. The molecule has 2 rings (SSSR count). The molecule has 8 nitrogen and oxygen atoms in total. The van der Waals surface area contributed by atoms with Gasteiger partial charge in [-0.05, 0) is 36.2 Å². The molecule has 0 saturated carbocycles. The topological polar surface area (TPSA) is 120 Å². The first kappa shape index (κ1) is 19.5. The van der Waals surface area contributed by atoms with Crippen LogP contribution in [-0.2, 0) is 16.4 Å². The molecule has 2 aromatic rings. The standard InChI is InChI=1S/C17H21N3O5S/c1-24-13-5-8-16(25-2)15(11-13)20-17(21)19-10-9-12-3-6-14(7-4-12)26(18,22)23/h3-8,11H,9-10H2,1-2H3,(H2,18,22,23)(H2,19,20,21). The van der Waals surface area contributed by atoms with Gasteiger partial charge in [0.15, 0.2) is 0 Å². The molecule has 4 N–H and O–H groups in total. The zero-order chi connectivity index (χ0) is 19.2. The number of carbonyl (C=O) groups excluding carboxylic acids is 1. The fourth-order valence-corrected chi connectivity index (χ4v) is 2.76. The number of hydrogen-bond acceptors (Lipinski definition) is 5. The minimum Gasteiger partial charge on any atom is -0.497 e. The molecule has 0 heterocycles. The number of anilines is 1. The number of carbonyl (C=O) groups is 1. The first-order chi connectivity index (χ1) is 12.3. The molecule has 0 fully saturated rings. The molecule has 0 bridgehead atoms. The molecule has 0 aliphatic rings. The number of benzene rings is 2. The lowest BCUT2D eigenvalue weighted by Gasteiger charge is -2.12. The van der Waals surface area contributed by atoms with Crippen molar-refractivity contribution >= 4 is 21.7 Å². The highest BCUT2D eigenvalue weighted by Gasteiger charge is 2.09. The Kier molecular flexibility index (Phi) is 6.42. The molecule has 2 amide bonds. The summed E-state index contributed by atoms with van der Waals surface area (Å²) in [6, 6.07) is 10.9. The fraction of sp³-hybridized carbons (Fsp3) is 0.235. The lowest BCUT2D eigenvalue weighted by molar-refractivity contribution is 0.252. The van der Waals surface area contributed by atoms with Crippen LogP contribution in [0.5, 0.6) is 11.5 Å². The van der Waals surface area contributed by atoms with Crippen LogP contribution in [-0.4, -0.2) is 35.2 Å². The fourth-order valence-electron chi connectivity index (χ4n) is 2.24. The van der Waals surface area contributed by atoms with Gasteiger partial charge in [-0.25, -0.2) is 18.4 Å². The van der Waals surface area contributed by atoms with Crippen molar-refractivity contribution in [1.29, 1.82) is 0 Å². The molecule has 0 aliphatic carbocycles. The molecule has 0 aliphatic heterocycles. The Morgan fingerprint density at radius 2 is 1.77 bits per heavy atom. The molecule has 0 spiro atoms. The summed E-state index contributed by atoms with van der Waals surface area (Å²) in [6.07, 6.45) is 0.535. The number of primary sulfonamides is 1. The SMILES string of the molecule is COc1ccc(OC)c(NC(=O)NCCc2ccc(S(N)(=O)=O)cc2)c1. The Hall–Kier alpha value is -2.78. The average Bonchev–Trinajstić information content (AvgIpc) is 2.61. The van der Waals surface area contributed by atoms with Crippen molar-refractivity contribution in [1.82, 2.24) is 5.32 Å². The van der Waals surface area contributed by atoms with Crippen molar-refractivity contribution < 1.29 is 22.7 Å². The summed E-state index contributed by atoms with van der Waals surface area (Å²) in [5, 5.41) is 10.5. The smallest absolute Gasteiger partial charge is 0.319 e. The Balaban J connectivity index is 1.89. The number of urea groups is 1. The van der Waals surface area contributed by atoms with Crippen molar-refractivity contribution in [3.05, 3.63) is 48.0 Å². The zero-order valence-electron chi connectivity index (χ0n) is 14.5. The number of nitrogens with two attached hydrogens (primary N) is 1. The molecule has 0 radical (unpaired) electrons. The van der Waals surface area contributed by atoms with E-state index in [1.54, 1.807) is 30.3 Å². The Bertz CT molecular complexity index is 866. The summed E-state index contributed by atoms with van der Waals surface area (Å²) >= 11 is 0. The molecular formula is C17H21N3O5S. The summed E-state index contributed by atoms with van der Waals surface area (Å²) in [6.45, 7) is 0.368. The van der Waals surface area contributed by atoms with Crippen LogP contribution in [0.3, 0.4) is 0 Å². The van der Waals surface area contributed by atoms with Gasteiger partial charge < -0.3 is 20.1 Å². The third kappa shape index (κ3) is 5.36. The summed E-state index contributed by atoms with van der Waals surface area (Å²) in [4.78, 5) is 12.1. The molecule has 26 heavy (non-hydrogen) atoms. The highest BCUT2D eigenvalue weighted by atomic mass is 32.2. The van der Waals surface area contributed by atoms with Gasteiger partial charge in [-0.3, -0.25) is 0 Å².